The van der Waals surface area contributed by atoms with Crippen LogP contribution < -0.4 is 9.47 Å². The summed E-state index contributed by atoms with van der Waals surface area (Å²) in [7, 11) is 0. The second kappa shape index (κ2) is 5.81. The minimum absolute atomic E-state index is 0.297. The Morgan fingerprint density at radius 1 is 1.12 bits per heavy atom. The SMILES string of the molecule is c1cc2c(cc1-c1noc3c1CN(CC1CCCC1)CC3)OCO2. The minimum atomic E-state index is 0.297. The van der Waals surface area contributed by atoms with Gasteiger partial charge in [-0.25, -0.2) is 0 Å². The fourth-order valence-corrected chi connectivity index (χ4v) is 4.25. The minimum Gasteiger partial charge on any atom is -0.454 e. The van der Waals surface area contributed by atoms with Crippen molar-refractivity contribution in [3.05, 3.63) is 29.5 Å². The summed E-state index contributed by atoms with van der Waals surface area (Å²) in [6.45, 7) is 3.54. The number of rotatable bonds is 3. The molecule has 1 aliphatic carbocycles. The molecule has 24 heavy (non-hydrogen) atoms. The summed E-state index contributed by atoms with van der Waals surface area (Å²) >= 11 is 0. The number of hydrogen-bond donors (Lipinski definition) is 0. The topological polar surface area (TPSA) is 47.7 Å². The van der Waals surface area contributed by atoms with Gasteiger partial charge in [0.05, 0.1) is 0 Å². The molecule has 2 aromatic rings. The molecule has 1 fully saturated rings. The van der Waals surface area contributed by atoms with Gasteiger partial charge >= 0.3 is 0 Å². The summed E-state index contributed by atoms with van der Waals surface area (Å²) in [5.41, 5.74) is 3.25. The Labute approximate surface area is 141 Å². The van der Waals surface area contributed by atoms with E-state index in [0.717, 1.165) is 53.9 Å². The van der Waals surface area contributed by atoms with Crippen molar-refractivity contribution in [2.24, 2.45) is 5.92 Å². The van der Waals surface area contributed by atoms with E-state index in [4.69, 9.17) is 14.0 Å². The largest absolute Gasteiger partial charge is 0.454 e. The Morgan fingerprint density at radius 2 is 2.00 bits per heavy atom. The van der Waals surface area contributed by atoms with Crippen LogP contribution in [0.2, 0.25) is 0 Å². The monoisotopic (exact) mass is 326 g/mol. The van der Waals surface area contributed by atoms with Gasteiger partial charge in [0, 0.05) is 37.2 Å². The average molecular weight is 326 g/mol. The van der Waals surface area contributed by atoms with Gasteiger partial charge in [0.25, 0.3) is 0 Å². The summed E-state index contributed by atoms with van der Waals surface area (Å²) in [6.07, 6.45) is 6.54. The highest BCUT2D eigenvalue weighted by Gasteiger charge is 2.28. The summed E-state index contributed by atoms with van der Waals surface area (Å²) in [6, 6.07) is 6.01. The van der Waals surface area contributed by atoms with E-state index in [1.54, 1.807) is 0 Å². The van der Waals surface area contributed by atoms with Crippen LogP contribution >= 0.6 is 0 Å². The molecule has 1 saturated carbocycles. The number of fused-ring (bicyclic) bond motifs is 2. The van der Waals surface area contributed by atoms with Crippen LogP contribution in [0.3, 0.4) is 0 Å². The smallest absolute Gasteiger partial charge is 0.231 e. The van der Waals surface area contributed by atoms with Crippen LogP contribution in [0.5, 0.6) is 11.5 Å². The molecule has 5 rings (SSSR count). The normalized spacial score (nSPS) is 20.5. The predicted octanol–water partition coefficient (Wildman–Crippen LogP) is 3.62. The van der Waals surface area contributed by atoms with Crippen LogP contribution in [-0.4, -0.2) is 29.9 Å². The van der Waals surface area contributed by atoms with Crippen LogP contribution in [0, 0.1) is 5.92 Å². The zero-order valence-electron chi connectivity index (χ0n) is 13.8. The number of ether oxygens (including phenoxy) is 2. The predicted molar refractivity (Wildman–Crippen MR) is 89.0 cm³/mol. The van der Waals surface area contributed by atoms with E-state index < -0.39 is 0 Å². The van der Waals surface area contributed by atoms with Gasteiger partial charge in [-0.05, 0) is 37.0 Å². The molecule has 0 atom stereocenters. The third-order valence-electron chi connectivity index (χ3n) is 5.54. The van der Waals surface area contributed by atoms with Crippen LogP contribution in [0.15, 0.2) is 22.7 Å². The van der Waals surface area contributed by atoms with Gasteiger partial charge in [0.2, 0.25) is 6.79 Å². The van der Waals surface area contributed by atoms with Gasteiger partial charge in [-0.3, -0.25) is 4.90 Å². The van der Waals surface area contributed by atoms with Crippen LogP contribution in [-0.2, 0) is 13.0 Å². The van der Waals surface area contributed by atoms with E-state index in [-0.39, 0.29) is 0 Å². The standard InChI is InChI=1S/C19H22N2O3/c1-2-4-13(3-1)10-21-8-7-16-15(11-21)19(20-24-16)14-5-6-17-18(9-14)23-12-22-17/h5-6,9,13H,1-4,7-8,10-12H2. The molecule has 126 valence electrons. The molecule has 1 aromatic heterocycles. The van der Waals surface area contributed by atoms with Crippen molar-refractivity contribution in [2.75, 3.05) is 19.9 Å². The molecule has 2 aliphatic heterocycles. The van der Waals surface area contributed by atoms with Gasteiger partial charge in [-0.1, -0.05) is 18.0 Å². The highest BCUT2D eigenvalue weighted by atomic mass is 16.7. The third-order valence-corrected chi connectivity index (χ3v) is 5.54. The lowest BCUT2D eigenvalue weighted by molar-refractivity contribution is 0.174. The first-order chi connectivity index (χ1) is 11.9. The summed E-state index contributed by atoms with van der Waals surface area (Å²) in [5, 5.41) is 4.36. The van der Waals surface area contributed by atoms with E-state index in [1.807, 2.05) is 18.2 Å². The van der Waals surface area contributed by atoms with Crippen molar-refractivity contribution in [3.8, 4) is 22.8 Å². The molecule has 0 bridgehead atoms. The number of nitrogens with zero attached hydrogens (tertiary/aromatic N) is 2. The maximum Gasteiger partial charge on any atom is 0.231 e. The third kappa shape index (κ3) is 2.47. The number of aromatic nitrogens is 1. The summed E-state index contributed by atoms with van der Waals surface area (Å²) in [5.74, 6) is 3.52. The summed E-state index contributed by atoms with van der Waals surface area (Å²) < 4.78 is 16.5. The first-order valence-corrected chi connectivity index (χ1v) is 8.96. The molecule has 0 spiro atoms. The quantitative estimate of drug-likeness (QED) is 0.862. The second-order valence-electron chi connectivity index (χ2n) is 7.14. The Kier molecular flexibility index (Phi) is 3.47. The molecule has 0 saturated heterocycles. The molecule has 5 heteroatoms. The zero-order valence-corrected chi connectivity index (χ0v) is 13.8. The van der Waals surface area contributed by atoms with E-state index in [2.05, 4.69) is 10.1 Å². The Morgan fingerprint density at radius 3 is 2.92 bits per heavy atom. The van der Waals surface area contributed by atoms with Crippen molar-refractivity contribution < 1.29 is 14.0 Å². The first kappa shape index (κ1) is 14.3. The van der Waals surface area contributed by atoms with Gasteiger partial charge < -0.3 is 14.0 Å². The number of hydrogen-bond acceptors (Lipinski definition) is 5. The molecule has 0 N–H and O–H groups in total. The fraction of sp³-hybridized carbons (Fsp3) is 0.526. The maximum atomic E-state index is 5.63. The fourth-order valence-electron chi connectivity index (χ4n) is 4.25. The highest BCUT2D eigenvalue weighted by Crippen LogP contribution is 2.38. The molecule has 1 aromatic carbocycles. The Bertz CT molecular complexity index is 749. The number of benzene rings is 1. The summed E-state index contributed by atoms with van der Waals surface area (Å²) in [4.78, 5) is 2.58. The highest BCUT2D eigenvalue weighted by molar-refractivity contribution is 5.67. The molecule has 3 aliphatic rings. The second-order valence-corrected chi connectivity index (χ2v) is 7.14. The van der Waals surface area contributed by atoms with Crippen LogP contribution in [0.4, 0.5) is 0 Å². The van der Waals surface area contributed by atoms with Gasteiger partial charge in [-0.15, -0.1) is 0 Å². The Hall–Kier alpha value is -2.01. The molecule has 0 amide bonds. The van der Waals surface area contributed by atoms with Crippen LogP contribution in [0.1, 0.15) is 37.0 Å². The first-order valence-electron chi connectivity index (χ1n) is 8.96. The molecule has 0 radical (unpaired) electrons. The molecule has 0 unspecified atom stereocenters. The van der Waals surface area contributed by atoms with Crippen molar-refractivity contribution in [2.45, 2.75) is 38.6 Å². The van der Waals surface area contributed by atoms with E-state index in [1.165, 1.54) is 37.8 Å². The van der Waals surface area contributed by atoms with Crippen molar-refractivity contribution >= 4 is 0 Å². The molecule has 5 nitrogen and oxygen atoms in total. The molecular weight excluding hydrogens is 304 g/mol. The van der Waals surface area contributed by atoms with Crippen molar-refractivity contribution in [1.82, 2.24) is 10.1 Å². The van der Waals surface area contributed by atoms with E-state index in [9.17, 15) is 0 Å². The van der Waals surface area contributed by atoms with E-state index >= 15 is 0 Å². The lowest BCUT2D eigenvalue weighted by Gasteiger charge is -2.28. The zero-order chi connectivity index (χ0) is 15.9. The Balaban J connectivity index is 1.40. The lowest BCUT2D eigenvalue weighted by atomic mass is 9.99. The van der Waals surface area contributed by atoms with Gasteiger partial charge in [0.1, 0.15) is 11.5 Å². The van der Waals surface area contributed by atoms with Crippen LogP contribution in [0.25, 0.3) is 11.3 Å². The maximum absolute atomic E-state index is 5.63. The molecular formula is C19H22N2O3. The van der Waals surface area contributed by atoms with Crippen molar-refractivity contribution in [1.29, 1.82) is 0 Å². The molecule has 3 heterocycles. The van der Waals surface area contributed by atoms with Gasteiger partial charge in [0.15, 0.2) is 11.5 Å². The average Bonchev–Trinajstić information content (AvgIpc) is 3.34. The lowest BCUT2D eigenvalue weighted by Crippen LogP contribution is -2.33. The van der Waals surface area contributed by atoms with Crippen molar-refractivity contribution in [3.63, 3.8) is 0 Å². The van der Waals surface area contributed by atoms with E-state index in [0.29, 0.717) is 6.79 Å². The van der Waals surface area contributed by atoms with Gasteiger partial charge in [-0.2, -0.15) is 0 Å².